The molecule has 2 heterocycles. The van der Waals surface area contributed by atoms with Gasteiger partial charge in [0.25, 0.3) is 5.91 Å². The van der Waals surface area contributed by atoms with Gasteiger partial charge in [0.2, 0.25) is 10.0 Å². The lowest BCUT2D eigenvalue weighted by atomic mass is 10.1. The van der Waals surface area contributed by atoms with Crippen molar-refractivity contribution in [2.24, 2.45) is 0 Å². The largest absolute Gasteiger partial charge is 0.379 e. The smallest absolute Gasteiger partial charge is 0.258 e. The van der Waals surface area contributed by atoms with E-state index < -0.39 is 21.7 Å². The first kappa shape index (κ1) is 21.7. The zero-order valence-electron chi connectivity index (χ0n) is 17.2. The number of nitrogens with one attached hydrogen (secondary N) is 1. The maximum atomic E-state index is 14.5. The Balaban J connectivity index is 1.59. The van der Waals surface area contributed by atoms with Crippen molar-refractivity contribution in [3.63, 3.8) is 0 Å². The van der Waals surface area contributed by atoms with Crippen LogP contribution < -0.4 is 10.2 Å². The summed E-state index contributed by atoms with van der Waals surface area (Å²) in [4.78, 5) is 15.0. The lowest BCUT2D eigenvalue weighted by Gasteiger charge is -2.30. The van der Waals surface area contributed by atoms with E-state index in [2.05, 4.69) is 10.2 Å². The molecule has 0 spiro atoms. The molecule has 1 amide bonds. The van der Waals surface area contributed by atoms with Crippen molar-refractivity contribution in [3.05, 3.63) is 53.8 Å². The molecule has 1 N–H and O–H groups in total. The molecule has 0 radical (unpaired) electrons. The van der Waals surface area contributed by atoms with Gasteiger partial charge in [0.15, 0.2) is 0 Å². The van der Waals surface area contributed by atoms with Crippen LogP contribution in [0.4, 0.5) is 15.8 Å². The third-order valence-corrected chi connectivity index (χ3v) is 7.53. The van der Waals surface area contributed by atoms with Crippen molar-refractivity contribution in [1.82, 2.24) is 4.31 Å². The molecule has 0 unspecified atom stereocenters. The third kappa shape index (κ3) is 4.73. The Hall–Kier alpha value is -2.49. The Morgan fingerprint density at radius 2 is 1.68 bits per heavy atom. The Morgan fingerprint density at radius 1 is 0.968 bits per heavy atom. The Bertz CT molecular complexity index is 1050. The van der Waals surface area contributed by atoms with Gasteiger partial charge < -0.3 is 15.0 Å². The van der Waals surface area contributed by atoms with Crippen LogP contribution in [0.3, 0.4) is 0 Å². The molecule has 0 aromatic heterocycles. The molecule has 7 nitrogen and oxygen atoms in total. The van der Waals surface area contributed by atoms with Crippen molar-refractivity contribution in [2.75, 3.05) is 49.6 Å². The number of amides is 1. The van der Waals surface area contributed by atoms with Crippen LogP contribution in [0.15, 0.2) is 47.4 Å². The number of hydrogen-bond donors (Lipinski definition) is 1. The van der Waals surface area contributed by atoms with Gasteiger partial charge in [-0.05, 0) is 49.6 Å². The normalized spacial score (nSPS) is 18.0. The number of carbonyl (C=O) groups excluding carboxylic acids is 1. The van der Waals surface area contributed by atoms with E-state index in [-0.39, 0.29) is 23.5 Å². The molecule has 4 rings (SSSR count). The topological polar surface area (TPSA) is 79.0 Å². The van der Waals surface area contributed by atoms with Gasteiger partial charge in [-0.25, -0.2) is 12.8 Å². The Labute approximate surface area is 181 Å². The first-order valence-corrected chi connectivity index (χ1v) is 11.9. The summed E-state index contributed by atoms with van der Waals surface area (Å²) < 4.78 is 46.8. The average molecular weight is 448 g/mol. The van der Waals surface area contributed by atoms with Crippen molar-refractivity contribution < 1.29 is 22.3 Å². The van der Waals surface area contributed by atoms with E-state index in [1.807, 2.05) is 12.1 Å². The van der Waals surface area contributed by atoms with E-state index in [9.17, 15) is 17.6 Å². The highest BCUT2D eigenvalue weighted by Crippen LogP contribution is 2.29. The van der Waals surface area contributed by atoms with E-state index in [0.717, 1.165) is 43.8 Å². The number of morpholine rings is 1. The highest BCUT2D eigenvalue weighted by atomic mass is 32.2. The van der Waals surface area contributed by atoms with Crippen LogP contribution in [0.1, 0.15) is 29.6 Å². The minimum absolute atomic E-state index is 0.106. The molecule has 166 valence electrons. The highest BCUT2D eigenvalue weighted by molar-refractivity contribution is 7.89. The molecule has 2 aromatic rings. The van der Waals surface area contributed by atoms with Crippen molar-refractivity contribution in [2.45, 2.75) is 24.2 Å². The highest BCUT2D eigenvalue weighted by Gasteiger charge is 2.28. The van der Waals surface area contributed by atoms with Crippen LogP contribution in [-0.4, -0.2) is 58.0 Å². The monoisotopic (exact) mass is 447 g/mol. The van der Waals surface area contributed by atoms with Gasteiger partial charge in [-0.2, -0.15) is 4.31 Å². The van der Waals surface area contributed by atoms with Gasteiger partial charge in [-0.3, -0.25) is 4.79 Å². The lowest BCUT2D eigenvalue weighted by Crippen LogP contribution is -2.40. The Kier molecular flexibility index (Phi) is 6.54. The number of anilines is 2. The van der Waals surface area contributed by atoms with E-state index in [4.69, 9.17) is 4.74 Å². The maximum absolute atomic E-state index is 14.5. The lowest BCUT2D eigenvalue weighted by molar-refractivity contribution is 0.0730. The van der Waals surface area contributed by atoms with Gasteiger partial charge in [0.1, 0.15) is 5.82 Å². The zero-order valence-corrected chi connectivity index (χ0v) is 18.0. The Morgan fingerprint density at radius 3 is 2.42 bits per heavy atom. The van der Waals surface area contributed by atoms with Crippen molar-refractivity contribution in [3.8, 4) is 0 Å². The fourth-order valence-electron chi connectivity index (χ4n) is 3.95. The second kappa shape index (κ2) is 9.33. The molecule has 0 saturated carbocycles. The first-order valence-electron chi connectivity index (χ1n) is 10.5. The molecule has 9 heteroatoms. The molecule has 2 aliphatic rings. The summed E-state index contributed by atoms with van der Waals surface area (Å²) in [6.45, 7) is 2.86. The zero-order chi connectivity index (χ0) is 21.8. The number of piperidine rings is 1. The second-order valence-corrected chi connectivity index (χ2v) is 9.62. The predicted molar refractivity (Wildman–Crippen MR) is 116 cm³/mol. The second-order valence-electron chi connectivity index (χ2n) is 7.68. The van der Waals surface area contributed by atoms with Crippen LogP contribution in [0.5, 0.6) is 0 Å². The molecule has 2 aliphatic heterocycles. The summed E-state index contributed by atoms with van der Waals surface area (Å²) in [5, 5.41) is 2.77. The molecule has 0 atom stereocenters. The summed E-state index contributed by atoms with van der Waals surface area (Å²) in [5.74, 6) is -1.45. The minimum Gasteiger partial charge on any atom is -0.379 e. The van der Waals surface area contributed by atoms with Gasteiger partial charge >= 0.3 is 0 Å². The molecule has 2 saturated heterocycles. The molecule has 0 aliphatic carbocycles. The van der Waals surface area contributed by atoms with Gasteiger partial charge in [-0.1, -0.05) is 12.1 Å². The SMILES string of the molecule is O=C(Nc1ccccc1N1CCCCC1)c1cc(S(=O)(=O)N2CCOCC2)ccc1F. The van der Waals surface area contributed by atoms with Gasteiger partial charge in [0, 0.05) is 26.2 Å². The average Bonchev–Trinajstić information content (AvgIpc) is 2.80. The quantitative estimate of drug-likeness (QED) is 0.762. The number of nitrogens with zero attached hydrogens (tertiary/aromatic N) is 2. The van der Waals surface area contributed by atoms with E-state index in [1.165, 1.54) is 16.8 Å². The van der Waals surface area contributed by atoms with Crippen LogP contribution in [0, 0.1) is 5.82 Å². The fourth-order valence-corrected chi connectivity index (χ4v) is 5.39. The third-order valence-electron chi connectivity index (χ3n) is 5.64. The number of hydrogen-bond acceptors (Lipinski definition) is 5. The number of rotatable bonds is 5. The molecule has 31 heavy (non-hydrogen) atoms. The summed E-state index contributed by atoms with van der Waals surface area (Å²) in [5.41, 5.74) is 1.16. The van der Waals surface area contributed by atoms with Crippen LogP contribution in [0.25, 0.3) is 0 Å². The van der Waals surface area contributed by atoms with Crippen LogP contribution >= 0.6 is 0 Å². The number of carbonyl (C=O) groups is 1. The first-order chi connectivity index (χ1) is 15.0. The number of para-hydroxylation sites is 2. The summed E-state index contributed by atoms with van der Waals surface area (Å²) >= 11 is 0. The molecule has 2 aromatic carbocycles. The molecule has 0 bridgehead atoms. The van der Waals surface area contributed by atoms with Crippen LogP contribution in [-0.2, 0) is 14.8 Å². The molecular formula is C22H26FN3O4S. The number of sulfonamides is 1. The molecule has 2 fully saturated rings. The van der Waals surface area contributed by atoms with E-state index in [0.29, 0.717) is 18.9 Å². The fraction of sp³-hybridized carbons (Fsp3) is 0.409. The van der Waals surface area contributed by atoms with Crippen molar-refractivity contribution in [1.29, 1.82) is 0 Å². The number of ether oxygens (including phenoxy) is 1. The maximum Gasteiger partial charge on any atom is 0.258 e. The molecular weight excluding hydrogens is 421 g/mol. The summed E-state index contributed by atoms with van der Waals surface area (Å²) in [7, 11) is -3.83. The summed E-state index contributed by atoms with van der Waals surface area (Å²) in [6.07, 6.45) is 3.34. The van der Waals surface area contributed by atoms with Gasteiger partial charge in [0.05, 0.1) is 35.0 Å². The standard InChI is InChI=1S/C22H26FN3O4S/c23-19-9-8-17(31(28,29)26-12-14-30-15-13-26)16-18(19)22(27)24-20-6-2-3-7-21(20)25-10-4-1-5-11-25/h2-3,6-9,16H,1,4-5,10-15H2,(H,24,27). The number of benzene rings is 2. The van der Waals surface area contributed by atoms with E-state index >= 15 is 0 Å². The van der Waals surface area contributed by atoms with Gasteiger partial charge in [-0.15, -0.1) is 0 Å². The van der Waals surface area contributed by atoms with E-state index in [1.54, 1.807) is 12.1 Å². The number of halogens is 1. The van der Waals surface area contributed by atoms with Crippen molar-refractivity contribution >= 4 is 27.3 Å². The minimum atomic E-state index is -3.83. The predicted octanol–water partition coefficient (Wildman–Crippen LogP) is 3.09. The van der Waals surface area contributed by atoms with Crippen LogP contribution in [0.2, 0.25) is 0 Å². The summed E-state index contributed by atoms with van der Waals surface area (Å²) in [6, 6.07) is 10.7.